The highest BCUT2D eigenvalue weighted by Gasteiger charge is 2.29. The van der Waals surface area contributed by atoms with E-state index in [0.29, 0.717) is 0 Å². The first kappa shape index (κ1) is 23.6. The molecule has 3 atom stereocenters. The van der Waals surface area contributed by atoms with Gasteiger partial charge in [-0.25, -0.2) is 4.79 Å². The van der Waals surface area contributed by atoms with Crippen molar-refractivity contribution in [3.8, 4) is 0 Å². The molecule has 2 rings (SSSR count). The van der Waals surface area contributed by atoms with Crippen molar-refractivity contribution in [2.24, 2.45) is 5.73 Å². The van der Waals surface area contributed by atoms with Crippen molar-refractivity contribution in [3.63, 3.8) is 0 Å². The van der Waals surface area contributed by atoms with Gasteiger partial charge in [0.1, 0.15) is 12.1 Å². The molecule has 3 unspecified atom stereocenters. The van der Waals surface area contributed by atoms with Crippen molar-refractivity contribution in [1.29, 1.82) is 0 Å². The molecule has 2 aromatic carbocycles. The molecule has 0 fully saturated rings. The predicted molar refractivity (Wildman–Crippen MR) is 112 cm³/mol. The van der Waals surface area contributed by atoms with Gasteiger partial charge >= 0.3 is 11.9 Å². The first-order valence-electron chi connectivity index (χ1n) is 9.65. The number of rotatable bonds is 11. The number of carbonyl (C=O) groups is 4. The SMILES string of the molecule is NC(Cc1ccccc1)C(=O)NC(Cc1ccccc1)C(=O)NC(CC(=O)O)C(=O)O. The van der Waals surface area contributed by atoms with E-state index in [1.807, 2.05) is 30.3 Å². The van der Waals surface area contributed by atoms with E-state index in [1.54, 1.807) is 30.3 Å². The van der Waals surface area contributed by atoms with Gasteiger partial charge in [0, 0.05) is 6.42 Å². The van der Waals surface area contributed by atoms with Crippen LogP contribution in [0.4, 0.5) is 0 Å². The Morgan fingerprint density at radius 1 is 0.742 bits per heavy atom. The molecule has 2 amide bonds. The number of nitrogens with one attached hydrogen (secondary N) is 2. The zero-order valence-corrected chi connectivity index (χ0v) is 16.7. The van der Waals surface area contributed by atoms with Gasteiger partial charge in [-0.1, -0.05) is 60.7 Å². The average Bonchev–Trinajstić information content (AvgIpc) is 2.73. The second kappa shape index (κ2) is 11.5. The Balaban J connectivity index is 2.13. The van der Waals surface area contributed by atoms with Gasteiger partial charge in [0.15, 0.2) is 0 Å². The maximum atomic E-state index is 12.7. The molecule has 0 spiro atoms. The molecule has 0 aliphatic carbocycles. The quantitative estimate of drug-likeness (QED) is 0.345. The fraction of sp³-hybridized carbons (Fsp3) is 0.273. The summed E-state index contributed by atoms with van der Waals surface area (Å²) in [5.41, 5.74) is 7.57. The van der Waals surface area contributed by atoms with Gasteiger partial charge in [-0.05, 0) is 17.5 Å². The Bertz CT molecular complexity index is 904. The minimum Gasteiger partial charge on any atom is -0.481 e. The Hall–Kier alpha value is -3.72. The number of nitrogens with two attached hydrogens (primary N) is 1. The van der Waals surface area contributed by atoms with E-state index in [-0.39, 0.29) is 12.8 Å². The number of amides is 2. The summed E-state index contributed by atoms with van der Waals surface area (Å²) in [5.74, 6) is -4.25. The third-order valence-corrected chi connectivity index (χ3v) is 4.54. The van der Waals surface area contributed by atoms with Crippen molar-refractivity contribution in [2.75, 3.05) is 0 Å². The van der Waals surface area contributed by atoms with Crippen LogP contribution < -0.4 is 16.4 Å². The summed E-state index contributed by atoms with van der Waals surface area (Å²) < 4.78 is 0. The zero-order valence-electron chi connectivity index (χ0n) is 16.7. The first-order valence-corrected chi connectivity index (χ1v) is 9.65. The lowest BCUT2D eigenvalue weighted by atomic mass is 10.0. The summed E-state index contributed by atoms with van der Waals surface area (Å²) in [6.45, 7) is 0. The summed E-state index contributed by atoms with van der Waals surface area (Å²) in [4.78, 5) is 47.6. The fourth-order valence-electron chi connectivity index (χ4n) is 2.95. The molecule has 0 aromatic heterocycles. The summed E-state index contributed by atoms with van der Waals surface area (Å²) in [6.07, 6.45) is -0.459. The van der Waals surface area contributed by atoms with Crippen LogP contribution in [-0.2, 0) is 32.0 Å². The summed E-state index contributed by atoms with van der Waals surface area (Å²) in [5, 5.41) is 22.8. The highest BCUT2D eigenvalue weighted by molar-refractivity contribution is 5.93. The van der Waals surface area contributed by atoms with E-state index in [0.717, 1.165) is 11.1 Å². The van der Waals surface area contributed by atoms with Crippen LogP contribution in [0, 0.1) is 0 Å². The van der Waals surface area contributed by atoms with Crippen LogP contribution in [0.5, 0.6) is 0 Å². The molecule has 164 valence electrons. The molecule has 6 N–H and O–H groups in total. The molecular weight excluding hydrogens is 402 g/mol. The monoisotopic (exact) mass is 427 g/mol. The van der Waals surface area contributed by atoms with Crippen LogP contribution in [0.2, 0.25) is 0 Å². The lowest BCUT2D eigenvalue weighted by Gasteiger charge is -2.22. The molecule has 0 aliphatic heterocycles. The number of carboxylic acid groups (broad SMARTS) is 2. The van der Waals surface area contributed by atoms with Crippen LogP contribution >= 0.6 is 0 Å². The summed E-state index contributed by atoms with van der Waals surface area (Å²) >= 11 is 0. The highest BCUT2D eigenvalue weighted by atomic mass is 16.4. The van der Waals surface area contributed by atoms with Gasteiger partial charge < -0.3 is 26.6 Å². The molecule has 0 saturated heterocycles. The van der Waals surface area contributed by atoms with Gasteiger partial charge in [0.05, 0.1) is 12.5 Å². The maximum Gasteiger partial charge on any atom is 0.326 e. The second-order valence-electron chi connectivity index (χ2n) is 7.04. The number of hydrogen-bond acceptors (Lipinski definition) is 5. The van der Waals surface area contributed by atoms with Crippen molar-refractivity contribution in [2.45, 2.75) is 37.4 Å². The topological polar surface area (TPSA) is 159 Å². The van der Waals surface area contributed by atoms with Gasteiger partial charge in [0.25, 0.3) is 0 Å². The van der Waals surface area contributed by atoms with Crippen molar-refractivity contribution in [1.82, 2.24) is 10.6 Å². The predicted octanol–water partition coefficient (Wildman–Crippen LogP) is 0.328. The number of benzene rings is 2. The summed E-state index contributed by atoms with van der Waals surface area (Å²) in [7, 11) is 0. The Labute approximate surface area is 179 Å². The van der Waals surface area contributed by atoms with Crippen molar-refractivity contribution < 1.29 is 29.4 Å². The lowest BCUT2D eigenvalue weighted by Crippen LogP contribution is -2.55. The first-order chi connectivity index (χ1) is 14.8. The molecule has 0 bridgehead atoms. The summed E-state index contributed by atoms with van der Waals surface area (Å²) in [6, 6.07) is 14.3. The van der Waals surface area contributed by atoms with Crippen LogP contribution in [-0.4, -0.2) is 52.1 Å². The van der Waals surface area contributed by atoms with E-state index in [4.69, 9.17) is 10.8 Å². The molecule has 2 aromatic rings. The van der Waals surface area contributed by atoms with Gasteiger partial charge in [-0.2, -0.15) is 0 Å². The normalized spacial score (nSPS) is 13.5. The van der Waals surface area contributed by atoms with E-state index in [1.165, 1.54) is 0 Å². The molecule has 0 heterocycles. The third kappa shape index (κ3) is 7.90. The van der Waals surface area contributed by atoms with Gasteiger partial charge in [0.2, 0.25) is 11.8 Å². The van der Waals surface area contributed by atoms with E-state index < -0.39 is 48.3 Å². The molecule has 0 saturated carbocycles. The molecule has 9 heteroatoms. The van der Waals surface area contributed by atoms with Crippen molar-refractivity contribution in [3.05, 3.63) is 71.8 Å². The van der Waals surface area contributed by atoms with E-state index in [2.05, 4.69) is 10.6 Å². The number of aliphatic carboxylic acids is 2. The lowest BCUT2D eigenvalue weighted by molar-refractivity contribution is -0.147. The largest absolute Gasteiger partial charge is 0.481 e. The molecular formula is C22H25N3O6. The highest BCUT2D eigenvalue weighted by Crippen LogP contribution is 2.07. The van der Waals surface area contributed by atoms with Crippen LogP contribution in [0.1, 0.15) is 17.5 Å². The molecule has 0 radical (unpaired) electrons. The number of hydrogen-bond donors (Lipinski definition) is 5. The Morgan fingerprint density at radius 2 is 1.23 bits per heavy atom. The average molecular weight is 427 g/mol. The third-order valence-electron chi connectivity index (χ3n) is 4.54. The maximum absolute atomic E-state index is 12.7. The van der Waals surface area contributed by atoms with E-state index >= 15 is 0 Å². The van der Waals surface area contributed by atoms with Crippen LogP contribution in [0.25, 0.3) is 0 Å². The van der Waals surface area contributed by atoms with E-state index in [9.17, 15) is 24.3 Å². The standard InChI is InChI=1S/C22H25N3O6/c23-16(11-14-7-3-1-4-8-14)20(28)24-17(12-15-9-5-2-6-10-15)21(29)25-18(22(30)31)13-19(26)27/h1-10,16-18H,11-13,23H2,(H,24,28)(H,25,29)(H,26,27)(H,30,31). The Kier molecular flexibility index (Phi) is 8.71. The molecule has 9 nitrogen and oxygen atoms in total. The number of carboxylic acids is 2. The zero-order chi connectivity index (χ0) is 22.8. The second-order valence-corrected chi connectivity index (χ2v) is 7.04. The number of carbonyl (C=O) groups excluding carboxylic acids is 2. The molecule has 31 heavy (non-hydrogen) atoms. The molecule has 0 aliphatic rings. The minimum atomic E-state index is -1.63. The fourth-order valence-corrected chi connectivity index (χ4v) is 2.95. The Morgan fingerprint density at radius 3 is 1.71 bits per heavy atom. The van der Waals surface area contributed by atoms with Gasteiger partial charge in [-0.3, -0.25) is 14.4 Å². The van der Waals surface area contributed by atoms with Crippen molar-refractivity contribution >= 4 is 23.8 Å². The van der Waals surface area contributed by atoms with Crippen LogP contribution in [0.3, 0.4) is 0 Å². The minimum absolute atomic E-state index is 0.0792. The van der Waals surface area contributed by atoms with Crippen LogP contribution in [0.15, 0.2) is 60.7 Å². The van der Waals surface area contributed by atoms with Gasteiger partial charge in [-0.15, -0.1) is 0 Å². The smallest absolute Gasteiger partial charge is 0.326 e.